The van der Waals surface area contributed by atoms with E-state index in [9.17, 15) is 33.0 Å². The molecule has 0 saturated carbocycles. The topological polar surface area (TPSA) is 110 Å². The third-order valence-corrected chi connectivity index (χ3v) is 3.98. The summed E-state index contributed by atoms with van der Waals surface area (Å²) in [7, 11) is 0. The van der Waals surface area contributed by atoms with Crippen molar-refractivity contribution in [1.82, 2.24) is 5.32 Å². The predicted octanol–water partition coefficient (Wildman–Crippen LogP) is 2.42. The van der Waals surface area contributed by atoms with Crippen LogP contribution in [-0.4, -0.2) is 28.1 Å². The first kappa shape index (κ1) is 20.9. The zero-order valence-corrected chi connectivity index (χ0v) is 14.3. The molecule has 0 aromatic heterocycles. The van der Waals surface area contributed by atoms with E-state index in [2.05, 4.69) is 5.32 Å². The van der Waals surface area contributed by atoms with Crippen LogP contribution in [0.5, 0.6) is 0 Å². The van der Waals surface area contributed by atoms with Crippen molar-refractivity contribution in [2.24, 2.45) is 0 Å². The number of amides is 1. The van der Waals surface area contributed by atoms with E-state index in [4.69, 9.17) is 5.26 Å². The van der Waals surface area contributed by atoms with Gasteiger partial charge in [-0.2, -0.15) is 18.4 Å². The van der Waals surface area contributed by atoms with Crippen molar-refractivity contribution >= 4 is 11.9 Å². The number of alkyl halides is 3. The fourth-order valence-electron chi connectivity index (χ4n) is 2.48. The van der Waals surface area contributed by atoms with Crippen molar-refractivity contribution < 1.29 is 33.0 Å². The number of benzene rings is 2. The van der Waals surface area contributed by atoms with Gasteiger partial charge in [0.1, 0.15) is 6.04 Å². The molecule has 0 fully saturated rings. The van der Waals surface area contributed by atoms with Crippen molar-refractivity contribution in [3.8, 4) is 6.07 Å². The van der Waals surface area contributed by atoms with Gasteiger partial charge in [-0.3, -0.25) is 4.79 Å². The summed E-state index contributed by atoms with van der Waals surface area (Å²) < 4.78 is 37.7. The number of rotatable bonds is 6. The summed E-state index contributed by atoms with van der Waals surface area (Å²) in [5.41, 5.74) is -0.430. The highest BCUT2D eigenvalue weighted by Gasteiger charge is 2.31. The molecule has 1 amide bonds. The molecule has 146 valence electrons. The van der Waals surface area contributed by atoms with Crippen LogP contribution >= 0.6 is 0 Å². The van der Waals surface area contributed by atoms with Crippen molar-refractivity contribution in [3.63, 3.8) is 0 Å². The molecule has 28 heavy (non-hydrogen) atoms. The molecule has 2 aromatic carbocycles. The Morgan fingerprint density at radius 1 is 1.11 bits per heavy atom. The lowest BCUT2D eigenvalue weighted by molar-refractivity contribution is -0.143. The third kappa shape index (κ3) is 5.08. The van der Waals surface area contributed by atoms with Gasteiger partial charge in [0.25, 0.3) is 5.91 Å². The summed E-state index contributed by atoms with van der Waals surface area (Å²) in [5.74, 6) is -2.47. The van der Waals surface area contributed by atoms with Gasteiger partial charge in [-0.05, 0) is 29.3 Å². The van der Waals surface area contributed by atoms with Crippen LogP contribution in [0.3, 0.4) is 0 Å². The van der Waals surface area contributed by atoms with E-state index >= 15 is 0 Å². The van der Waals surface area contributed by atoms with Gasteiger partial charge in [-0.25, -0.2) is 4.79 Å². The minimum Gasteiger partial charge on any atom is -0.480 e. The number of nitrogens with one attached hydrogen (secondary N) is 1. The maximum absolute atomic E-state index is 12.6. The van der Waals surface area contributed by atoms with E-state index in [1.54, 1.807) is 12.1 Å². The molecule has 2 atom stereocenters. The highest BCUT2D eigenvalue weighted by atomic mass is 19.4. The first-order valence-corrected chi connectivity index (χ1v) is 8.00. The standard InChI is InChI=1S/C19H15F3N2O4/c20-19(21,22)14-7-5-11(6-8-14)16(25)17(26)24-15(18(27)28)9-12-3-1-2-4-13(12)10-23/h1-8,15-16,25H,9H2,(H,24,26)(H,27,28)/t15-,16-/m0/s1. The number of halogens is 3. The van der Waals surface area contributed by atoms with E-state index < -0.39 is 35.8 Å². The van der Waals surface area contributed by atoms with E-state index in [1.807, 2.05) is 6.07 Å². The lowest BCUT2D eigenvalue weighted by Gasteiger charge is -2.18. The number of aliphatic hydroxyl groups is 1. The number of nitrogens with zero attached hydrogens (tertiary/aromatic N) is 1. The van der Waals surface area contributed by atoms with E-state index in [-0.39, 0.29) is 17.5 Å². The summed E-state index contributed by atoms with van der Waals surface area (Å²) in [4.78, 5) is 23.6. The molecule has 0 aliphatic rings. The molecule has 2 rings (SSSR count). The van der Waals surface area contributed by atoms with Crippen LogP contribution in [0.15, 0.2) is 48.5 Å². The maximum Gasteiger partial charge on any atom is 0.416 e. The van der Waals surface area contributed by atoms with Crippen molar-refractivity contribution in [2.45, 2.75) is 24.7 Å². The second-order valence-electron chi connectivity index (χ2n) is 5.89. The number of hydrogen-bond acceptors (Lipinski definition) is 4. The fourth-order valence-corrected chi connectivity index (χ4v) is 2.48. The number of carboxylic acid groups (broad SMARTS) is 1. The summed E-state index contributed by atoms with van der Waals surface area (Å²) in [5, 5.41) is 30.6. The normalized spacial score (nSPS) is 13.2. The Balaban J connectivity index is 2.13. The predicted molar refractivity (Wildman–Crippen MR) is 90.8 cm³/mol. The van der Waals surface area contributed by atoms with Crippen LogP contribution in [-0.2, 0) is 22.2 Å². The zero-order valence-electron chi connectivity index (χ0n) is 14.3. The molecule has 0 spiro atoms. The van der Waals surface area contributed by atoms with E-state index in [1.165, 1.54) is 12.1 Å². The quantitative estimate of drug-likeness (QED) is 0.699. The first-order chi connectivity index (χ1) is 13.1. The number of hydrogen-bond donors (Lipinski definition) is 3. The van der Waals surface area contributed by atoms with E-state index in [0.717, 1.165) is 12.1 Å². The molecular weight excluding hydrogens is 377 g/mol. The summed E-state index contributed by atoms with van der Waals surface area (Å²) in [6.45, 7) is 0. The second-order valence-corrected chi connectivity index (χ2v) is 5.89. The summed E-state index contributed by atoms with van der Waals surface area (Å²) in [6.07, 6.45) is -6.62. The molecule has 0 radical (unpaired) electrons. The average molecular weight is 392 g/mol. The highest BCUT2D eigenvalue weighted by Crippen LogP contribution is 2.30. The summed E-state index contributed by atoms with van der Waals surface area (Å²) in [6, 6.07) is 10.0. The van der Waals surface area contributed by atoms with E-state index in [0.29, 0.717) is 17.7 Å². The number of nitriles is 1. The Labute approximate surface area is 157 Å². The molecule has 0 saturated heterocycles. The Morgan fingerprint density at radius 2 is 1.71 bits per heavy atom. The van der Waals surface area contributed by atoms with Crippen LogP contribution in [0.25, 0.3) is 0 Å². The van der Waals surface area contributed by atoms with Crippen LogP contribution in [0, 0.1) is 11.3 Å². The van der Waals surface area contributed by atoms with Crippen LogP contribution < -0.4 is 5.32 Å². The fraction of sp³-hybridized carbons (Fsp3) is 0.211. The molecule has 3 N–H and O–H groups in total. The summed E-state index contributed by atoms with van der Waals surface area (Å²) >= 11 is 0. The van der Waals surface area contributed by atoms with Gasteiger partial charge in [-0.1, -0.05) is 30.3 Å². The Hall–Kier alpha value is -3.38. The monoisotopic (exact) mass is 392 g/mol. The third-order valence-electron chi connectivity index (χ3n) is 3.98. The molecule has 2 aromatic rings. The molecule has 0 aliphatic carbocycles. The number of aliphatic hydroxyl groups excluding tert-OH is 1. The lowest BCUT2D eigenvalue weighted by atomic mass is 10.00. The molecule has 0 bridgehead atoms. The van der Waals surface area contributed by atoms with Gasteiger partial charge in [0.2, 0.25) is 0 Å². The minimum absolute atomic E-state index is 0.118. The van der Waals surface area contributed by atoms with Crippen LogP contribution in [0.1, 0.15) is 28.4 Å². The number of carbonyl (C=O) groups excluding carboxylic acids is 1. The number of carbonyl (C=O) groups is 2. The largest absolute Gasteiger partial charge is 0.480 e. The lowest BCUT2D eigenvalue weighted by Crippen LogP contribution is -2.44. The molecule has 0 unspecified atom stereocenters. The Kier molecular flexibility index (Phi) is 6.38. The van der Waals surface area contributed by atoms with Crippen LogP contribution in [0.4, 0.5) is 13.2 Å². The molecule has 9 heteroatoms. The average Bonchev–Trinajstić information content (AvgIpc) is 2.66. The van der Waals surface area contributed by atoms with Gasteiger partial charge in [-0.15, -0.1) is 0 Å². The second kappa shape index (κ2) is 8.54. The SMILES string of the molecule is N#Cc1ccccc1C[C@H](NC(=O)[C@@H](O)c1ccc(C(F)(F)F)cc1)C(=O)O. The highest BCUT2D eigenvalue weighted by molar-refractivity contribution is 5.87. The molecular formula is C19H15F3N2O4. The Morgan fingerprint density at radius 3 is 2.25 bits per heavy atom. The number of carboxylic acids is 1. The van der Waals surface area contributed by atoms with Gasteiger partial charge in [0.15, 0.2) is 6.10 Å². The van der Waals surface area contributed by atoms with Gasteiger partial charge >= 0.3 is 12.1 Å². The smallest absolute Gasteiger partial charge is 0.416 e. The maximum atomic E-state index is 12.6. The van der Waals surface area contributed by atoms with Gasteiger partial charge in [0, 0.05) is 6.42 Å². The molecule has 0 aliphatic heterocycles. The van der Waals surface area contributed by atoms with Gasteiger partial charge < -0.3 is 15.5 Å². The van der Waals surface area contributed by atoms with Crippen LogP contribution in [0.2, 0.25) is 0 Å². The first-order valence-electron chi connectivity index (χ1n) is 8.00. The van der Waals surface area contributed by atoms with Crippen molar-refractivity contribution in [2.75, 3.05) is 0 Å². The van der Waals surface area contributed by atoms with Gasteiger partial charge in [0.05, 0.1) is 17.2 Å². The number of aliphatic carboxylic acids is 1. The molecule has 0 heterocycles. The van der Waals surface area contributed by atoms with Crippen molar-refractivity contribution in [3.05, 3.63) is 70.8 Å². The molecule has 6 nitrogen and oxygen atoms in total. The zero-order chi connectivity index (χ0) is 20.9. The Bertz CT molecular complexity index is 905. The minimum atomic E-state index is -4.56. The van der Waals surface area contributed by atoms with Crippen molar-refractivity contribution in [1.29, 1.82) is 5.26 Å².